The van der Waals surface area contributed by atoms with Crippen molar-refractivity contribution in [1.82, 2.24) is 0 Å². The van der Waals surface area contributed by atoms with Crippen LogP contribution in [0, 0.1) is 0 Å². The van der Waals surface area contributed by atoms with E-state index < -0.39 is 30.9 Å². The number of hydrogen-bond donors (Lipinski definition) is 0. The molecule has 18 heavy (non-hydrogen) atoms. The zero-order chi connectivity index (χ0) is 14.6. The molecule has 0 aliphatic rings. The van der Waals surface area contributed by atoms with Gasteiger partial charge in [0, 0.05) is 12.7 Å². The van der Waals surface area contributed by atoms with E-state index in [0.717, 1.165) is 11.8 Å². The first-order valence-electron chi connectivity index (χ1n) is 4.86. The predicted octanol–water partition coefficient (Wildman–Crippen LogP) is 3.92. The first kappa shape index (κ1) is 17.5. The van der Waals surface area contributed by atoms with Crippen LogP contribution in [0.3, 0.4) is 0 Å². The zero-order valence-corrected chi connectivity index (χ0v) is 10.1. The second-order valence-corrected chi connectivity index (χ2v) is 4.79. The number of rotatable bonds is 6. The SMILES string of the molecule is CC(=O)SCCCC(F)C(F)C(F)(F)C(F)(F)F. The molecule has 0 aliphatic heterocycles. The minimum absolute atomic E-state index is 0.0417. The first-order valence-corrected chi connectivity index (χ1v) is 5.84. The Morgan fingerprint density at radius 2 is 1.67 bits per heavy atom. The topological polar surface area (TPSA) is 17.1 Å². The van der Waals surface area contributed by atoms with Crippen LogP contribution in [-0.2, 0) is 4.79 Å². The van der Waals surface area contributed by atoms with E-state index in [1.165, 1.54) is 6.92 Å². The Morgan fingerprint density at radius 3 is 2.06 bits per heavy atom. The monoisotopic (exact) mass is 300 g/mol. The number of halogens is 7. The molecule has 9 heteroatoms. The average molecular weight is 300 g/mol. The highest BCUT2D eigenvalue weighted by Gasteiger charge is 2.65. The maximum atomic E-state index is 12.9. The summed E-state index contributed by atoms with van der Waals surface area (Å²) in [4.78, 5) is 10.4. The van der Waals surface area contributed by atoms with E-state index in [0.29, 0.717) is 0 Å². The summed E-state index contributed by atoms with van der Waals surface area (Å²) in [7, 11) is 0. The van der Waals surface area contributed by atoms with E-state index in [1.54, 1.807) is 0 Å². The van der Waals surface area contributed by atoms with Gasteiger partial charge in [-0.2, -0.15) is 22.0 Å². The standard InChI is InChI=1S/C9H11F7OS/c1-5(17)18-4-2-3-6(10)7(11)8(12,13)9(14,15)16/h6-7H,2-4H2,1H3. The smallest absolute Gasteiger partial charge is 0.288 e. The van der Waals surface area contributed by atoms with E-state index in [2.05, 4.69) is 0 Å². The maximum Gasteiger partial charge on any atom is 0.456 e. The summed E-state index contributed by atoms with van der Waals surface area (Å²) in [5.41, 5.74) is 0. The van der Waals surface area contributed by atoms with Gasteiger partial charge in [-0.25, -0.2) is 8.78 Å². The van der Waals surface area contributed by atoms with Gasteiger partial charge in [0.05, 0.1) is 0 Å². The Bertz CT molecular complexity index is 279. The van der Waals surface area contributed by atoms with Crippen molar-refractivity contribution in [3.05, 3.63) is 0 Å². The van der Waals surface area contributed by atoms with Gasteiger partial charge in [-0.1, -0.05) is 11.8 Å². The maximum absolute atomic E-state index is 12.9. The molecule has 0 radical (unpaired) electrons. The lowest BCUT2D eigenvalue weighted by Gasteiger charge is -2.25. The van der Waals surface area contributed by atoms with Crippen molar-refractivity contribution in [3.63, 3.8) is 0 Å². The lowest BCUT2D eigenvalue weighted by molar-refractivity contribution is -0.309. The lowest BCUT2D eigenvalue weighted by Crippen LogP contribution is -2.49. The van der Waals surface area contributed by atoms with Crippen molar-refractivity contribution < 1.29 is 35.5 Å². The van der Waals surface area contributed by atoms with Gasteiger partial charge in [0.25, 0.3) is 0 Å². The summed E-state index contributed by atoms with van der Waals surface area (Å²) in [5, 5.41) is -0.303. The molecule has 0 spiro atoms. The second kappa shape index (κ2) is 6.63. The molecule has 108 valence electrons. The zero-order valence-electron chi connectivity index (χ0n) is 9.24. The Balaban J connectivity index is 4.26. The number of carbonyl (C=O) groups excluding carboxylic acids is 1. The molecule has 0 saturated carbocycles. The molecule has 0 heterocycles. The summed E-state index contributed by atoms with van der Waals surface area (Å²) >= 11 is 0.760. The molecule has 1 nitrogen and oxygen atoms in total. The third-order valence-corrected chi connectivity index (χ3v) is 2.87. The number of hydrogen-bond acceptors (Lipinski definition) is 2. The van der Waals surface area contributed by atoms with Crippen LogP contribution in [0.15, 0.2) is 0 Å². The van der Waals surface area contributed by atoms with E-state index in [4.69, 9.17) is 0 Å². The summed E-state index contributed by atoms with van der Waals surface area (Å²) < 4.78 is 85.7. The predicted molar refractivity (Wildman–Crippen MR) is 53.2 cm³/mol. The molecule has 0 aromatic rings. The van der Waals surface area contributed by atoms with Gasteiger partial charge in [0.15, 0.2) is 5.12 Å². The Labute approximate surface area is 103 Å². The van der Waals surface area contributed by atoms with Crippen molar-refractivity contribution in [2.45, 2.75) is 44.2 Å². The highest BCUT2D eigenvalue weighted by Crippen LogP contribution is 2.41. The molecule has 0 fully saturated rings. The third kappa shape index (κ3) is 5.03. The molecule has 0 amide bonds. The molecule has 0 bridgehead atoms. The Hall–Kier alpha value is -0.470. The fourth-order valence-electron chi connectivity index (χ4n) is 1.02. The van der Waals surface area contributed by atoms with Crippen molar-refractivity contribution in [1.29, 1.82) is 0 Å². The molecule has 0 rings (SSSR count). The van der Waals surface area contributed by atoms with E-state index in [1.807, 2.05) is 0 Å². The number of alkyl halides is 7. The summed E-state index contributed by atoms with van der Waals surface area (Å²) in [6, 6.07) is 0. The fourth-order valence-corrected chi connectivity index (χ4v) is 1.62. The van der Waals surface area contributed by atoms with Crippen LogP contribution in [0.25, 0.3) is 0 Å². The largest absolute Gasteiger partial charge is 0.456 e. The van der Waals surface area contributed by atoms with Gasteiger partial charge in [0.1, 0.15) is 6.17 Å². The molecule has 2 atom stereocenters. The van der Waals surface area contributed by atoms with Crippen molar-refractivity contribution in [2.75, 3.05) is 5.75 Å². The van der Waals surface area contributed by atoms with Crippen LogP contribution in [0.4, 0.5) is 30.7 Å². The van der Waals surface area contributed by atoms with Crippen molar-refractivity contribution in [3.8, 4) is 0 Å². The van der Waals surface area contributed by atoms with Crippen molar-refractivity contribution >= 4 is 16.9 Å². The van der Waals surface area contributed by atoms with Gasteiger partial charge >= 0.3 is 12.1 Å². The quantitative estimate of drug-likeness (QED) is 0.546. The number of thioether (sulfide) groups is 1. The molecule has 0 saturated heterocycles. The van der Waals surface area contributed by atoms with Gasteiger partial charge < -0.3 is 0 Å². The van der Waals surface area contributed by atoms with Crippen LogP contribution < -0.4 is 0 Å². The van der Waals surface area contributed by atoms with Crippen LogP contribution in [-0.4, -0.2) is 35.3 Å². The Kier molecular flexibility index (Phi) is 6.45. The molecular weight excluding hydrogens is 289 g/mol. The Morgan fingerprint density at radius 1 is 1.17 bits per heavy atom. The summed E-state index contributed by atoms with van der Waals surface area (Å²) in [6.45, 7) is 1.22. The first-order chi connectivity index (χ1) is 8.00. The minimum Gasteiger partial charge on any atom is -0.288 e. The van der Waals surface area contributed by atoms with E-state index >= 15 is 0 Å². The van der Waals surface area contributed by atoms with Crippen molar-refractivity contribution in [2.24, 2.45) is 0 Å². The molecule has 2 unspecified atom stereocenters. The van der Waals surface area contributed by atoms with Crippen LogP contribution >= 0.6 is 11.8 Å². The minimum atomic E-state index is -6.12. The summed E-state index contributed by atoms with van der Waals surface area (Å²) in [5.74, 6) is -5.67. The van der Waals surface area contributed by atoms with E-state index in [9.17, 15) is 35.5 Å². The van der Waals surface area contributed by atoms with Gasteiger partial charge in [-0.05, 0) is 12.8 Å². The van der Waals surface area contributed by atoms with Gasteiger partial charge in [-0.15, -0.1) is 0 Å². The number of carbonyl (C=O) groups is 1. The second-order valence-electron chi connectivity index (χ2n) is 3.52. The van der Waals surface area contributed by atoms with Crippen LogP contribution in [0.2, 0.25) is 0 Å². The fraction of sp³-hybridized carbons (Fsp3) is 0.889. The summed E-state index contributed by atoms with van der Waals surface area (Å²) in [6.07, 6.45) is -13.9. The van der Waals surface area contributed by atoms with Crippen LogP contribution in [0.1, 0.15) is 19.8 Å². The molecule has 0 N–H and O–H groups in total. The van der Waals surface area contributed by atoms with Gasteiger partial charge in [-0.3, -0.25) is 4.79 Å². The van der Waals surface area contributed by atoms with E-state index in [-0.39, 0.29) is 17.3 Å². The van der Waals surface area contributed by atoms with Crippen LogP contribution in [0.5, 0.6) is 0 Å². The average Bonchev–Trinajstić information content (AvgIpc) is 2.21. The highest BCUT2D eigenvalue weighted by atomic mass is 32.2. The molecule has 0 aliphatic carbocycles. The molecule has 0 aromatic carbocycles. The third-order valence-electron chi connectivity index (χ3n) is 1.97. The molecule has 0 aromatic heterocycles. The molecular formula is C9H11F7OS. The lowest BCUT2D eigenvalue weighted by atomic mass is 10.1. The normalized spacial score (nSPS) is 16.4. The van der Waals surface area contributed by atoms with Gasteiger partial charge in [0.2, 0.25) is 6.17 Å². The highest BCUT2D eigenvalue weighted by molar-refractivity contribution is 8.13.